The molecule has 0 saturated heterocycles. The lowest BCUT2D eigenvalue weighted by atomic mass is 9.93. The lowest BCUT2D eigenvalue weighted by Crippen LogP contribution is -2.04. The molecule has 0 fully saturated rings. The minimum Gasteiger partial charge on any atom is -0.497 e. The molecule has 3 aromatic carbocycles. The van der Waals surface area contributed by atoms with Crippen molar-refractivity contribution in [2.24, 2.45) is 0 Å². The fourth-order valence-electron chi connectivity index (χ4n) is 3.59. The number of methoxy groups -OCH3 is 1. The summed E-state index contributed by atoms with van der Waals surface area (Å²) >= 11 is 3.42. The van der Waals surface area contributed by atoms with Gasteiger partial charge in [0.15, 0.2) is 5.78 Å². The summed E-state index contributed by atoms with van der Waals surface area (Å²) in [5, 5.41) is 0. The molecule has 27 heavy (non-hydrogen) atoms. The summed E-state index contributed by atoms with van der Waals surface area (Å²) in [7, 11) is 1.67. The Morgan fingerprint density at radius 1 is 0.963 bits per heavy atom. The Kier molecular flexibility index (Phi) is 4.95. The fourth-order valence-corrected chi connectivity index (χ4v) is 3.86. The van der Waals surface area contributed by atoms with Crippen molar-refractivity contribution in [3.8, 4) is 5.75 Å². The van der Waals surface area contributed by atoms with Gasteiger partial charge >= 0.3 is 0 Å². The summed E-state index contributed by atoms with van der Waals surface area (Å²) < 4.78 is 6.24. The summed E-state index contributed by atoms with van der Waals surface area (Å²) in [6, 6.07) is 24.0. The molecule has 4 rings (SSSR count). The molecule has 0 aromatic heterocycles. The SMILES string of the molecule is COc1ccc(C2=C[C@H](CC(=O)c3ccc(Br)cc3)c3ccccc32)cc1. The van der Waals surface area contributed by atoms with E-state index in [0.717, 1.165) is 21.3 Å². The Hall–Kier alpha value is -2.65. The van der Waals surface area contributed by atoms with Crippen LogP contribution in [0.4, 0.5) is 0 Å². The third-order valence-electron chi connectivity index (χ3n) is 4.99. The average Bonchev–Trinajstić information content (AvgIpc) is 3.07. The maximum absolute atomic E-state index is 12.8. The van der Waals surface area contributed by atoms with Gasteiger partial charge in [0, 0.05) is 22.4 Å². The molecule has 0 saturated carbocycles. The van der Waals surface area contributed by atoms with Gasteiger partial charge in [-0.2, -0.15) is 0 Å². The van der Waals surface area contributed by atoms with Gasteiger partial charge in [-0.15, -0.1) is 0 Å². The third kappa shape index (κ3) is 3.60. The van der Waals surface area contributed by atoms with Gasteiger partial charge in [0.1, 0.15) is 5.75 Å². The summed E-state index contributed by atoms with van der Waals surface area (Å²) in [4.78, 5) is 12.8. The molecule has 0 amide bonds. The first-order chi connectivity index (χ1) is 13.2. The largest absolute Gasteiger partial charge is 0.497 e. The first-order valence-corrected chi connectivity index (χ1v) is 9.69. The topological polar surface area (TPSA) is 26.3 Å². The van der Waals surface area contributed by atoms with Crippen molar-refractivity contribution in [2.45, 2.75) is 12.3 Å². The van der Waals surface area contributed by atoms with Gasteiger partial charge in [0.05, 0.1) is 7.11 Å². The average molecular weight is 419 g/mol. The van der Waals surface area contributed by atoms with Crippen molar-refractivity contribution >= 4 is 27.3 Å². The number of halogens is 1. The number of benzene rings is 3. The maximum atomic E-state index is 12.8. The van der Waals surface area contributed by atoms with Crippen LogP contribution < -0.4 is 4.74 Å². The number of ketones is 1. The molecule has 2 nitrogen and oxygen atoms in total. The van der Waals surface area contributed by atoms with Crippen LogP contribution in [-0.4, -0.2) is 12.9 Å². The number of allylic oxidation sites excluding steroid dienone is 1. The second-order valence-electron chi connectivity index (χ2n) is 6.64. The van der Waals surface area contributed by atoms with E-state index in [-0.39, 0.29) is 11.7 Å². The summed E-state index contributed by atoms with van der Waals surface area (Å²) in [5.41, 5.74) is 5.50. The Balaban J connectivity index is 1.65. The number of Topliss-reactive ketones (excluding diaryl/α,β-unsaturated/α-hetero) is 1. The van der Waals surface area contributed by atoms with E-state index in [2.05, 4.69) is 52.3 Å². The second-order valence-corrected chi connectivity index (χ2v) is 7.55. The lowest BCUT2D eigenvalue weighted by Gasteiger charge is -2.10. The smallest absolute Gasteiger partial charge is 0.163 e. The molecule has 0 aliphatic heterocycles. The van der Waals surface area contributed by atoms with Gasteiger partial charge in [-0.25, -0.2) is 0 Å². The van der Waals surface area contributed by atoms with Crippen molar-refractivity contribution in [3.63, 3.8) is 0 Å². The van der Waals surface area contributed by atoms with E-state index in [1.54, 1.807) is 7.11 Å². The third-order valence-corrected chi connectivity index (χ3v) is 5.52. The van der Waals surface area contributed by atoms with Crippen molar-refractivity contribution in [1.82, 2.24) is 0 Å². The molecule has 0 spiro atoms. The number of rotatable bonds is 5. The van der Waals surface area contributed by atoms with Crippen LogP contribution in [0.25, 0.3) is 5.57 Å². The van der Waals surface area contributed by atoms with Gasteiger partial charge < -0.3 is 4.74 Å². The van der Waals surface area contributed by atoms with Crippen molar-refractivity contribution in [1.29, 1.82) is 0 Å². The number of hydrogen-bond acceptors (Lipinski definition) is 2. The van der Waals surface area contributed by atoms with Gasteiger partial charge in [0.2, 0.25) is 0 Å². The van der Waals surface area contributed by atoms with Crippen LogP contribution in [0.5, 0.6) is 5.75 Å². The standard InChI is InChI=1S/C24H19BrO2/c1-27-20-12-8-16(9-13-20)23-14-18(21-4-2-3-5-22(21)23)15-24(26)17-6-10-19(25)11-7-17/h2-14,18H,15H2,1H3/t18-/m1/s1. The molecule has 1 aliphatic carbocycles. The normalized spacial score (nSPS) is 15.2. The molecule has 0 N–H and O–H groups in total. The number of carbonyl (C=O) groups excluding carboxylic acids is 1. The molecular formula is C24H19BrO2. The van der Waals surface area contributed by atoms with Gasteiger partial charge in [-0.3, -0.25) is 4.79 Å². The Morgan fingerprint density at radius 3 is 2.37 bits per heavy atom. The highest BCUT2D eigenvalue weighted by molar-refractivity contribution is 9.10. The van der Waals surface area contributed by atoms with Crippen LogP contribution in [0.1, 0.15) is 39.4 Å². The molecule has 1 aliphatic rings. The zero-order valence-corrected chi connectivity index (χ0v) is 16.6. The first-order valence-electron chi connectivity index (χ1n) is 8.90. The molecule has 0 unspecified atom stereocenters. The van der Waals surface area contributed by atoms with Crippen LogP contribution in [0.2, 0.25) is 0 Å². The number of carbonyl (C=O) groups is 1. The van der Waals surface area contributed by atoms with E-state index in [0.29, 0.717) is 6.42 Å². The first kappa shape index (κ1) is 17.7. The minimum absolute atomic E-state index is 0.0921. The Labute approximate surface area is 167 Å². The summed E-state index contributed by atoms with van der Waals surface area (Å²) in [6.45, 7) is 0. The van der Waals surface area contributed by atoms with Crippen molar-refractivity contribution < 1.29 is 9.53 Å². The van der Waals surface area contributed by atoms with E-state index in [1.807, 2.05) is 42.5 Å². The van der Waals surface area contributed by atoms with E-state index < -0.39 is 0 Å². The van der Waals surface area contributed by atoms with Crippen LogP contribution in [-0.2, 0) is 0 Å². The predicted molar refractivity (Wildman–Crippen MR) is 112 cm³/mol. The van der Waals surface area contributed by atoms with E-state index >= 15 is 0 Å². The highest BCUT2D eigenvalue weighted by atomic mass is 79.9. The Morgan fingerprint density at radius 2 is 1.67 bits per heavy atom. The fraction of sp³-hybridized carbons (Fsp3) is 0.125. The Bertz CT molecular complexity index is 1000. The number of hydrogen-bond donors (Lipinski definition) is 0. The van der Waals surface area contributed by atoms with Crippen LogP contribution in [0.15, 0.2) is 83.3 Å². The summed E-state index contributed by atoms with van der Waals surface area (Å²) in [6.07, 6.45) is 2.70. The van der Waals surface area contributed by atoms with E-state index in [9.17, 15) is 4.79 Å². The highest BCUT2D eigenvalue weighted by Gasteiger charge is 2.26. The zero-order chi connectivity index (χ0) is 18.8. The molecule has 1 atom stereocenters. The lowest BCUT2D eigenvalue weighted by molar-refractivity contribution is 0.0978. The van der Waals surface area contributed by atoms with Gasteiger partial charge in [0.25, 0.3) is 0 Å². The predicted octanol–water partition coefficient (Wildman–Crippen LogP) is 6.26. The molecule has 0 heterocycles. The molecule has 3 heteroatoms. The quantitative estimate of drug-likeness (QED) is 0.457. The van der Waals surface area contributed by atoms with Crippen LogP contribution in [0.3, 0.4) is 0 Å². The summed E-state index contributed by atoms with van der Waals surface area (Å²) in [5.74, 6) is 1.09. The molecular weight excluding hydrogens is 400 g/mol. The van der Waals surface area contributed by atoms with Crippen LogP contribution >= 0.6 is 15.9 Å². The highest BCUT2D eigenvalue weighted by Crippen LogP contribution is 2.41. The molecule has 3 aromatic rings. The van der Waals surface area contributed by atoms with E-state index in [1.165, 1.54) is 16.7 Å². The monoisotopic (exact) mass is 418 g/mol. The maximum Gasteiger partial charge on any atom is 0.163 e. The van der Waals surface area contributed by atoms with Crippen molar-refractivity contribution in [3.05, 3.63) is 106 Å². The molecule has 134 valence electrons. The van der Waals surface area contributed by atoms with Crippen LogP contribution in [0, 0.1) is 0 Å². The number of fused-ring (bicyclic) bond motifs is 1. The van der Waals surface area contributed by atoms with E-state index in [4.69, 9.17) is 4.74 Å². The zero-order valence-electron chi connectivity index (χ0n) is 15.0. The van der Waals surface area contributed by atoms with Gasteiger partial charge in [-0.05, 0) is 46.5 Å². The molecule has 0 bridgehead atoms. The molecule has 0 radical (unpaired) electrons. The van der Waals surface area contributed by atoms with Crippen molar-refractivity contribution in [2.75, 3.05) is 7.11 Å². The number of ether oxygens (including phenoxy) is 1. The van der Waals surface area contributed by atoms with Gasteiger partial charge in [-0.1, -0.05) is 70.5 Å². The second kappa shape index (κ2) is 7.53. The minimum atomic E-state index is 0.0921.